The minimum absolute atomic E-state index is 0.936. The van der Waals surface area contributed by atoms with E-state index in [4.69, 9.17) is 0 Å². The lowest BCUT2D eigenvalue weighted by Crippen LogP contribution is -1.84. The van der Waals surface area contributed by atoms with E-state index in [1.807, 2.05) is 19.3 Å². The van der Waals surface area contributed by atoms with E-state index in [1.165, 1.54) is 4.88 Å². The van der Waals surface area contributed by atoms with Crippen LogP contribution in [0.4, 0.5) is 5.13 Å². The summed E-state index contributed by atoms with van der Waals surface area (Å²) in [6.07, 6.45) is 1.90. The summed E-state index contributed by atoms with van der Waals surface area (Å²) in [7, 11) is 1.88. The van der Waals surface area contributed by atoms with Crippen molar-refractivity contribution < 1.29 is 0 Å². The fraction of sp³-hybridized carbons (Fsp3) is 0.0909. The number of thiazole rings is 2. The lowest BCUT2D eigenvalue weighted by atomic mass is 10.4. The summed E-state index contributed by atoms with van der Waals surface area (Å²) in [5, 5.41) is 9.17. The maximum atomic E-state index is 4.47. The van der Waals surface area contributed by atoms with Crippen molar-refractivity contribution in [2.24, 2.45) is 0 Å². The van der Waals surface area contributed by atoms with Crippen LogP contribution in [0.3, 0.4) is 0 Å². The molecular formula is C11H9N3S3. The molecule has 0 saturated carbocycles. The Balaban J connectivity index is 1.94. The zero-order chi connectivity index (χ0) is 11.7. The Morgan fingerprint density at radius 2 is 2.18 bits per heavy atom. The van der Waals surface area contributed by atoms with Crippen molar-refractivity contribution >= 4 is 39.1 Å². The molecule has 17 heavy (non-hydrogen) atoms. The van der Waals surface area contributed by atoms with Gasteiger partial charge in [-0.15, -0.1) is 34.0 Å². The molecule has 6 heteroatoms. The highest BCUT2D eigenvalue weighted by Crippen LogP contribution is 2.35. The second-order valence-electron chi connectivity index (χ2n) is 3.29. The SMILES string of the molecule is CNc1nc(-c2cnc(-c3cccs3)s2)cs1. The van der Waals surface area contributed by atoms with Gasteiger partial charge in [-0.3, -0.25) is 0 Å². The van der Waals surface area contributed by atoms with Crippen LogP contribution >= 0.6 is 34.0 Å². The van der Waals surface area contributed by atoms with Crippen LogP contribution in [0, 0.1) is 0 Å². The second kappa shape index (κ2) is 4.56. The van der Waals surface area contributed by atoms with Crippen LogP contribution in [0.2, 0.25) is 0 Å². The van der Waals surface area contributed by atoms with E-state index in [0.29, 0.717) is 0 Å². The summed E-state index contributed by atoms with van der Waals surface area (Å²) >= 11 is 5.01. The van der Waals surface area contributed by atoms with Crippen molar-refractivity contribution in [2.45, 2.75) is 0 Å². The average Bonchev–Trinajstić information content (AvgIpc) is 3.09. The fourth-order valence-electron chi connectivity index (χ4n) is 1.41. The zero-order valence-corrected chi connectivity index (χ0v) is 11.5. The largest absolute Gasteiger partial charge is 0.365 e. The van der Waals surface area contributed by atoms with Gasteiger partial charge in [0.1, 0.15) is 5.01 Å². The molecule has 3 nitrogen and oxygen atoms in total. The number of anilines is 1. The van der Waals surface area contributed by atoms with Crippen LogP contribution in [0.5, 0.6) is 0 Å². The van der Waals surface area contributed by atoms with E-state index >= 15 is 0 Å². The van der Waals surface area contributed by atoms with Gasteiger partial charge < -0.3 is 5.32 Å². The minimum atomic E-state index is 0.936. The van der Waals surface area contributed by atoms with Gasteiger partial charge in [0.25, 0.3) is 0 Å². The second-order valence-corrected chi connectivity index (χ2v) is 6.13. The van der Waals surface area contributed by atoms with Crippen molar-refractivity contribution in [1.82, 2.24) is 9.97 Å². The highest BCUT2D eigenvalue weighted by Gasteiger charge is 2.09. The minimum Gasteiger partial charge on any atom is -0.365 e. The summed E-state index contributed by atoms with van der Waals surface area (Å²) in [5.74, 6) is 0. The molecule has 0 amide bonds. The maximum absolute atomic E-state index is 4.47. The van der Waals surface area contributed by atoms with E-state index in [2.05, 4.69) is 32.1 Å². The number of nitrogens with zero attached hydrogens (tertiary/aromatic N) is 2. The summed E-state index contributed by atoms with van der Waals surface area (Å²) in [5.41, 5.74) is 1.000. The van der Waals surface area contributed by atoms with Crippen molar-refractivity contribution in [3.63, 3.8) is 0 Å². The molecule has 0 unspecified atom stereocenters. The van der Waals surface area contributed by atoms with E-state index in [9.17, 15) is 0 Å². The van der Waals surface area contributed by atoms with Crippen molar-refractivity contribution in [2.75, 3.05) is 12.4 Å². The van der Waals surface area contributed by atoms with Crippen molar-refractivity contribution in [3.8, 4) is 20.5 Å². The molecule has 0 bridgehead atoms. The Hall–Kier alpha value is -1.24. The molecular weight excluding hydrogens is 270 g/mol. The standard InChI is InChI=1S/C11H9N3S3/c1-12-11-14-7(6-16-11)9-5-13-10(17-9)8-3-2-4-15-8/h2-6H,1H3,(H,12,14). The van der Waals surface area contributed by atoms with Crippen LogP contribution in [-0.2, 0) is 0 Å². The maximum Gasteiger partial charge on any atom is 0.182 e. The van der Waals surface area contributed by atoms with E-state index in [0.717, 1.165) is 20.7 Å². The monoisotopic (exact) mass is 279 g/mol. The predicted octanol–water partition coefficient (Wildman–Crippen LogP) is 4.04. The van der Waals surface area contributed by atoms with Crippen LogP contribution in [0.1, 0.15) is 0 Å². The summed E-state index contributed by atoms with van der Waals surface area (Å²) in [6.45, 7) is 0. The molecule has 1 N–H and O–H groups in total. The lowest BCUT2D eigenvalue weighted by Gasteiger charge is -1.89. The van der Waals surface area contributed by atoms with Gasteiger partial charge in [-0.1, -0.05) is 6.07 Å². The normalized spacial score (nSPS) is 10.6. The first-order chi connectivity index (χ1) is 8.36. The summed E-state index contributed by atoms with van der Waals surface area (Å²) < 4.78 is 0. The summed E-state index contributed by atoms with van der Waals surface area (Å²) in [6, 6.07) is 4.14. The first kappa shape index (κ1) is 10.9. The van der Waals surface area contributed by atoms with Crippen LogP contribution in [-0.4, -0.2) is 17.0 Å². The molecule has 0 fully saturated rings. The summed E-state index contributed by atoms with van der Waals surface area (Å²) in [4.78, 5) is 11.2. The highest BCUT2D eigenvalue weighted by atomic mass is 32.1. The Kier molecular flexibility index (Phi) is 2.92. The van der Waals surface area contributed by atoms with Gasteiger partial charge in [0.2, 0.25) is 0 Å². The molecule has 0 atom stereocenters. The van der Waals surface area contributed by atoms with Crippen LogP contribution in [0.15, 0.2) is 29.1 Å². The predicted molar refractivity (Wildman–Crippen MR) is 76.1 cm³/mol. The molecule has 3 heterocycles. The van der Waals surface area contributed by atoms with Gasteiger partial charge >= 0.3 is 0 Å². The van der Waals surface area contributed by atoms with E-state index in [1.54, 1.807) is 34.0 Å². The van der Waals surface area contributed by atoms with E-state index < -0.39 is 0 Å². The Bertz CT molecular complexity index is 609. The lowest BCUT2D eigenvalue weighted by molar-refractivity contribution is 1.36. The number of hydrogen-bond acceptors (Lipinski definition) is 6. The third kappa shape index (κ3) is 2.11. The molecule has 0 radical (unpaired) electrons. The Morgan fingerprint density at radius 3 is 2.88 bits per heavy atom. The highest BCUT2D eigenvalue weighted by molar-refractivity contribution is 7.23. The third-order valence-electron chi connectivity index (χ3n) is 2.21. The molecule has 0 aliphatic heterocycles. The first-order valence-corrected chi connectivity index (χ1v) is 7.58. The van der Waals surface area contributed by atoms with Gasteiger partial charge in [-0.05, 0) is 11.4 Å². The topological polar surface area (TPSA) is 37.8 Å². The zero-order valence-electron chi connectivity index (χ0n) is 9.01. The number of rotatable bonds is 3. The molecule has 0 aliphatic rings. The van der Waals surface area contributed by atoms with Gasteiger partial charge in [-0.2, -0.15) is 0 Å². The first-order valence-electron chi connectivity index (χ1n) is 5.00. The molecule has 0 saturated heterocycles. The van der Waals surface area contributed by atoms with Gasteiger partial charge in [0, 0.05) is 18.6 Å². The average molecular weight is 279 g/mol. The number of hydrogen-bond donors (Lipinski definition) is 1. The third-order valence-corrected chi connectivity index (χ3v) is 5.13. The van der Waals surface area contributed by atoms with Crippen LogP contribution < -0.4 is 5.32 Å². The number of thiophene rings is 1. The number of aromatic nitrogens is 2. The van der Waals surface area contributed by atoms with Crippen LogP contribution in [0.25, 0.3) is 20.5 Å². The van der Waals surface area contributed by atoms with Gasteiger partial charge in [0.15, 0.2) is 5.13 Å². The van der Waals surface area contributed by atoms with Crippen molar-refractivity contribution in [1.29, 1.82) is 0 Å². The fourth-order valence-corrected chi connectivity index (χ4v) is 3.84. The molecule has 0 aromatic carbocycles. The number of nitrogens with one attached hydrogen (secondary N) is 1. The van der Waals surface area contributed by atoms with Crippen molar-refractivity contribution in [3.05, 3.63) is 29.1 Å². The van der Waals surface area contributed by atoms with Gasteiger partial charge in [-0.25, -0.2) is 9.97 Å². The molecule has 3 aromatic rings. The quantitative estimate of drug-likeness (QED) is 0.786. The molecule has 3 aromatic heterocycles. The van der Waals surface area contributed by atoms with Gasteiger partial charge in [0.05, 0.1) is 15.4 Å². The van der Waals surface area contributed by atoms with E-state index in [-0.39, 0.29) is 0 Å². The smallest absolute Gasteiger partial charge is 0.182 e. The Labute approximate surface area is 111 Å². The molecule has 0 aliphatic carbocycles. The molecule has 0 spiro atoms. The molecule has 86 valence electrons. The molecule has 3 rings (SSSR count). The Morgan fingerprint density at radius 1 is 1.24 bits per heavy atom.